The van der Waals surface area contributed by atoms with Crippen LogP contribution in [0.15, 0.2) is 53.4 Å². The first-order chi connectivity index (χ1) is 14.8. The number of fused-ring (bicyclic) bond motifs is 1. The van der Waals surface area contributed by atoms with Crippen LogP contribution in [0.4, 0.5) is 0 Å². The van der Waals surface area contributed by atoms with Gasteiger partial charge >= 0.3 is 0 Å². The van der Waals surface area contributed by atoms with Crippen molar-refractivity contribution >= 4 is 38.4 Å². The van der Waals surface area contributed by atoms with Gasteiger partial charge in [-0.1, -0.05) is 29.8 Å². The van der Waals surface area contributed by atoms with E-state index in [9.17, 15) is 13.2 Å². The summed E-state index contributed by atoms with van der Waals surface area (Å²) in [6.45, 7) is 1.42. The highest BCUT2D eigenvalue weighted by Gasteiger charge is 2.22. The Kier molecular flexibility index (Phi) is 6.34. The van der Waals surface area contributed by atoms with Gasteiger partial charge in [-0.3, -0.25) is 4.79 Å². The number of rotatable bonds is 6. The molecule has 0 aliphatic carbocycles. The highest BCUT2D eigenvalue weighted by Crippen LogP contribution is 2.22. The number of amides is 1. The summed E-state index contributed by atoms with van der Waals surface area (Å²) >= 11 is 6.05. The van der Waals surface area contributed by atoms with E-state index in [0.717, 1.165) is 16.5 Å². The van der Waals surface area contributed by atoms with E-state index in [2.05, 4.69) is 10.0 Å². The predicted octanol–water partition coefficient (Wildman–Crippen LogP) is 3.22. The number of carbonyl (C=O) groups excluding carboxylic acids is 1. The van der Waals surface area contributed by atoms with Crippen LogP contribution in [0.3, 0.4) is 0 Å². The Morgan fingerprint density at radius 3 is 2.55 bits per heavy atom. The lowest BCUT2D eigenvalue weighted by atomic mass is 10.1. The predicted molar refractivity (Wildman–Crippen MR) is 120 cm³/mol. The van der Waals surface area contributed by atoms with Crippen LogP contribution in [0.1, 0.15) is 28.9 Å². The van der Waals surface area contributed by atoms with Gasteiger partial charge in [-0.05, 0) is 48.7 Å². The third-order valence-corrected chi connectivity index (χ3v) is 7.24. The van der Waals surface area contributed by atoms with Gasteiger partial charge < -0.3 is 14.6 Å². The smallest absolute Gasteiger partial charge is 0.268 e. The molecule has 0 bridgehead atoms. The van der Waals surface area contributed by atoms with E-state index >= 15 is 0 Å². The summed E-state index contributed by atoms with van der Waals surface area (Å²) in [4.78, 5) is 12.9. The molecule has 1 fully saturated rings. The van der Waals surface area contributed by atoms with Crippen molar-refractivity contribution in [3.63, 3.8) is 0 Å². The second-order valence-corrected chi connectivity index (χ2v) is 9.78. The minimum atomic E-state index is -3.58. The number of benzene rings is 2. The average Bonchev–Trinajstić information content (AvgIpc) is 3.09. The lowest BCUT2D eigenvalue weighted by molar-refractivity contribution is 0.0832. The summed E-state index contributed by atoms with van der Waals surface area (Å²) in [5, 5.41) is 4.43. The van der Waals surface area contributed by atoms with Gasteiger partial charge in [0.2, 0.25) is 10.0 Å². The fourth-order valence-electron chi connectivity index (χ4n) is 3.68. The van der Waals surface area contributed by atoms with Crippen molar-refractivity contribution in [3.8, 4) is 0 Å². The molecule has 0 unspecified atom stereocenters. The number of nitrogens with zero attached hydrogens (tertiary/aromatic N) is 1. The Balaban J connectivity index is 1.40. The summed E-state index contributed by atoms with van der Waals surface area (Å²) in [5.74, 6) is -0.215. The van der Waals surface area contributed by atoms with Gasteiger partial charge in [0, 0.05) is 48.8 Å². The molecule has 1 aliphatic heterocycles. The van der Waals surface area contributed by atoms with Gasteiger partial charge in [0.15, 0.2) is 0 Å². The quantitative estimate of drug-likeness (QED) is 0.589. The summed E-state index contributed by atoms with van der Waals surface area (Å²) in [6, 6.07) is 13.7. The molecule has 9 heteroatoms. The van der Waals surface area contributed by atoms with Gasteiger partial charge in [0.25, 0.3) is 5.91 Å². The van der Waals surface area contributed by atoms with E-state index in [1.165, 1.54) is 0 Å². The van der Waals surface area contributed by atoms with Crippen LogP contribution in [-0.4, -0.2) is 38.1 Å². The van der Waals surface area contributed by atoms with E-state index in [1.54, 1.807) is 34.9 Å². The number of sulfonamides is 1. The molecule has 0 spiro atoms. The molecule has 1 aliphatic rings. The molecule has 164 valence electrons. The van der Waals surface area contributed by atoms with E-state index in [1.807, 2.05) is 25.2 Å². The van der Waals surface area contributed by atoms with Gasteiger partial charge in [0.1, 0.15) is 5.69 Å². The molecule has 2 heterocycles. The maximum atomic E-state index is 12.7. The summed E-state index contributed by atoms with van der Waals surface area (Å²) in [7, 11) is -1.76. The highest BCUT2D eigenvalue weighted by atomic mass is 35.5. The van der Waals surface area contributed by atoms with Crippen molar-refractivity contribution in [2.24, 2.45) is 7.05 Å². The molecule has 0 radical (unpaired) electrons. The molecule has 2 aromatic carbocycles. The number of ether oxygens (including phenoxy) is 1. The highest BCUT2D eigenvalue weighted by molar-refractivity contribution is 7.89. The molecule has 7 nitrogen and oxygen atoms in total. The first-order valence-electron chi connectivity index (χ1n) is 10.1. The molecule has 4 rings (SSSR count). The Hall–Kier alpha value is -2.39. The third-order valence-electron chi connectivity index (χ3n) is 5.47. The number of carbonyl (C=O) groups is 1. The normalized spacial score (nSPS) is 15.3. The fourth-order valence-corrected chi connectivity index (χ4v) is 5.15. The lowest BCUT2D eigenvalue weighted by Gasteiger charge is -2.23. The molecule has 2 N–H and O–H groups in total. The minimum Gasteiger partial charge on any atom is -0.381 e. The molecule has 1 saturated heterocycles. The van der Waals surface area contributed by atoms with Crippen LogP contribution in [-0.2, 0) is 28.4 Å². The van der Waals surface area contributed by atoms with Crippen molar-refractivity contribution in [3.05, 3.63) is 64.8 Å². The van der Waals surface area contributed by atoms with Crippen LogP contribution in [0.2, 0.25) is 5.02 Å². The Bertz CT molecular complexity index is 1200. The first-order valence-corrected chi connectivity index (χ1v) is 11.9. The number of halogens is 1. The Morgan fingerprint density at radius 2 is 1.84 bits per heavy atom. The fraction of sp³-hybridized carbons (Fsp3) is 0.318. The van der Waals surface area contributed by atoms with Gasteiger partial charge in [0.05, 0.1) is 4.90 Å². The number of nitrogens with one attached hydrogen (secondary N) is 2. The molecule has 0 atom stereocenters. The molecule has 3 aromatic rings. The molecular formula is C22H24ClN3O4S. The zero-order chi connectivity index (χ0) is 22.0. The molecule has 1 aromatic heterocycles. The molecule has 31 heavy (non-hydrogen) atoms. The number of hydrogen-bond acceptors (Lipinski definition) is 4. The largest absolute Gasteiger partial charge is 0.381 e. The topological polar surface area (TPSA) is 89.4 Å². The van der Waals surface area contributed by atoms with E-state index in [4.69, 9.17) is 16.3 Å². The van der Waals surface area contributed by atoms with Crippen molar-refractivity contribution in [1.82, 2.24) is 14.6 Å². The third kappa shape index (κ3) is 4.93. The van der Waals surface area contributed by atoms with Crippen LogP contribution in [0, 0.1) is 0 Å². The second kappa shape index (κ2) is 9.00. The summed E-state index contributed by atoms with van der Waals surface area (Å²) < 4.78 is 35.0. The molecular weight excluding hydrogens is 438 g/mol. The average molecular weight is 462 g/mol. The summed E-state index contributed by atoms with van der Waals surface area (Å²) in [6.07, 6.45) is 1.34. The van der Waals surface area contributed by atoms with Gasteiger partial charge in [-0.2, -0.15) is 0 Å². The van der Waals surface area contributed by atoms with Crippen LogP contribution < -0.4 is 10.0 Å². The monoisotopic (exact) mass is 461 g/mol. The van der Waals surface area contributed by atoms with Crippen molar-refractivity contribution in [1.29, 1.82) is 0 Å². The van der Waals surface area contributed by atoms with Crippen molar-refractivity contribution in [2.75, 3.05) is 13.2 Å². The van der Waals surface area contributed by atoms with Crippen LogP contribution in [0.25, 0.3) is 10.9 Å². The molecule has 1 amide bonds. The lowest BCUT2D eigenvalue weighted by Crippen LogP contribution is -2.38. The standard InChI is InChI=1S/C22H24ClN3O4S/c1-26-20-13-17(23)5-4-16(20)12-21(26)22(27)24-14-15-2-6-19(7-3-15)31(28,29)25-18-8-10-30-11-9-18/h2-7,12-13,18,25H,8-11,14H2,1H3,(H,24,27). The minimum absolute atomic E-state index is 0.103. The SMILES string of the molecule is Cn1c(C(=O)NCc2ccc(S(=O)(=O)NC3CCOCC3)cc2)cc2ccc(Cl)cc21. The van der Waals surface area contributed by atoms with Crippen molar-refractivity contribution < 1.29 is 17.9 Å². The second-order valence-electron chi connectivity index (χ2n) is 7.63. The zero-order valence-electron chi connectivity index (χ0n) is 17.1. The number of aromatic nitrogens is 1. The van der Waals surface area contributed by atoms with E-state index in [-0.39, 0.29) is 23.4 Å². The maximum absolute atomic E-state index is 12.7. The zero-order valence-corrected chi connectivity index (χ0v) is 18.7. The van der Waals surface area contributed by atoms with Gasteiger partial charge in [-0.25, -0.2) is 13.1 Å². The first kappa shape index (κ1) is 21.8. The number of aryl methyl sites for hydroxylation is 1. The van der Waals surface area contributed by atoms with Gasteiger partial charge in [-0.15, -0.1) is 0 Å². The van der Waals surface area contributed by atoms with Crippen molar-refractivity contribution in [2.45, 2.75) is 30.3 Å². The maximum Gasteiger partial charge on any atom is 0.268 e. The van der Waals surface area contributed by atoms with E-state index < -0.39 is 10.0 Å². The number of hydrogen-bond donors (Lipinski definition) is 2. The Labute approximate surface area is 186 Å². The Morgan fingerprint density at radius 1 is 1.13 bits per heavy atom. The molecule has 0 saturated carbocycles. The van der Waals surface area contributed by atoms with Crippen LogP contribution >= 0.6 is 11.6 Å². The van der Waals surface area contributed by atoms with Crippen LogP contribution in [0.5, 0.6) is 0 Å². The van der Waals surface area contributed by atoms with E-state index in [0.29, 0.717) is 36.8 Å². The summed E-state index contributed by atoms with van der Waals surface area (Å²) in [5.41, 5.74) is 2.21.